The Balaban J connectivity index is 2.62. The number of carboxylic acids is 1. The summed E-state index contributed by atoms with van der Waals surface area (Å²) in [6.07, 6.45) is 1.95. The van der Waals surface area contributed by atoms with E-state index in [0.717, 1.165) is 0 Å². The van der Waals surface area contributed by atoms with E-state index >= 15 is 0 Å². The highest BCUT2D eigenvalue weighted by atomic mass is 16.5. The van der Waals surface area contributed by atoms with Crippen LogP contribution in [-0.4, -0.2) is 36.6 Å². The van der Waals surface area contributed by atoms with Crippen LogP contribution in [0.3, 0.4) is 0 Å². The first kappa shape index (κ1) is 18.1. The molecule has 1 aromatic carbocycles. The Labute approximate surface area is 133 Å². The lowest BCUT2D eigenvalue weighted by atomic mass is 10.2. The second-order valence-electron chi connectivity index (χ2n) is 4.68. The van der Waals surface area contributed by atoms with Crippen molar-refractivity contribution in [2.75, 3.05) is 6.61 Å². The summed E-state index contributed by atoms with van der Waals surface area (Å²) in [5.41, 5.74) is 2.53. The first-order chi connectivity index (χ1) is 10.9. The molecule has 8 heteroatoms. The number of para-hydroxylation sites is 1. The normalized spacial score (nSPS) is 11.7. The molecule has 0 spiro atoms. The van der Waals surface area contributed by atoms with Gasteiger partial charge in [-0.3, -0.25) is 9.59 Å². The van der Waals surface area contributed by atoms with Gasteiger partial charge in [-0.25, -0.2) is 5.43 Å². The lowest BCUT2D eigenvalue weighted by Gasteiger charge is -2.10. The van der Waals surface area contributed by atoms with E-state index in [2.05, 4.69) is 15.8 Å². The molecule has 124 valence electrons. The number of rotatable bonds is 7. The van der Waals surface area contributed by atoms with Gasteiger partial charge >= 0.3 is 11.8 Å². The van der Waals surface area contributed by atoms with E-state index in [4.69, 9.17) is 4.74 Å². The molecular formula is C15H18N3O5-. The minimum Gasteiger partial charge on any atom is -0.546 e. The van der Waals surface area contributed by atoms with Crippen LogP contribution in [0.5, 0.6) is 5.75 Å². The van der Waals surface area contributed by atoms with E-state index in [1.54, 1.807) is 31.2 Å². The Hall–Kier alpha value is -2.90. The van der Waals surface area contributed by atoms with Crippen LogP contribution in [0.4, 0.5) is 0 Å². The van der Waals surface area contributed by atoms with E-state index in [-0.39, 0.29) is 11.8 Å². The van der Waals surface area contributed by atoms with Gasteiger partial charge < -0.3 is 20.0 Å². The number of amides is 2. The number of carbonyl (C=O) groups excluding carboxylic acids is 3. The number of carbonyl (C=O) groups is 3. The first-order valence-corrected chi connectivity index (χ1v) is 6.99. The van der Waals surface area contributed by atoms with Gasteiger partial charge in [-0.05, 0) is 25.5 Å². The van der Waals surface area contributed by atoms with Crippen LogP contribution in [0.2, 0.25) is 0 Å². The first-order valence-electron chi connectivity index (χ1n) is 6.99. The molecule has 0 aliphatic rings. The van der Waals surface area contributed by atoms with Crippen molar-refractivity contribution in [2.24, 2.45) is 5.10 Å². The topological polar surface area (TPSA) is 120 Å². The standard InChI is InChI=1S/C15H19N3O5/c1-3-10(2)17-14(21)15(22)18-16-8-11-6-4-5-7-12(11)23-9-13(19)20/h4-8,10H,3,9H2,1-2H3,(H,17,21)(H,18,22)(H,19,20)/p-1/b16-8-/t10-/m1/s1. The van der Waals surface area contributed by atoms with Gasteiger partial charge in [0.1, 0.15) is 12.4 Å². The molecule has 2 amide bonds. The molecule has 0 saturated carbocycles. The number of hydrogen-bond donors (Lipinski definition) is 2. The Kier molecular flexibility index (Phi) is 7.25. The van der Waals surface area contributed by atoms with Crippen LogP contribution in [0, 0.1) is 0 Å². The summed E-state index contributed by atoms with van der Waals surface area (Å²) in [6.45, 7) is 3.05. The fourth-order valence-corrected chi connectivity index (χ4v) is 1.46. The summed E-state index contributed by atoms with van der Waals surface area (Å²) in [6, 6.07) is 6.38. The molecule has 0 aliphatic heterocycles. The molecule has 0 fully saturated rings. The van der Waals surface area contributed by atoms with Crippen molar-refractivity contribution in [1.82, 2.24) is 10.7 Å². The van der Waals surface area contributed by atoms with Crippen molar-refractivity contribution < 1.29 is 24.2 Å². The number of nitrogens with one attached hydrogen (secondary N) is 2. The van der Waals surface area contributed by atoms with Gasteiger partial charge in [0, 0.05) is 11.6 Å². The van der Waals surface area contributed by atoms with Crippen LogP contribution in [0.15, 0.2) is 29.4 Å². The average Bonchev–Trinajstić information content (AvgIpc) is 2.53. The third-order valence-corrected chi connectivity index (χ3v) is 2.83. The molecule has 0 unspecified atom stereocenters. The Morgan fingerprint density at radius 1 is 1.30 bits per heavy atom. The molecule has 8 nitrogen and oxygen atoms in total. The van der Waals surface area contributed by atoms with E-state index in [1.165, 1.54) is 6.21 Å². The van der Waals surface area contributed by atoms with Gasteiger partial charge in [0.05, 0.1) is 12.2 Å². The summed E-state index contributed by atoms with van der Waals surface area (Å²) in [5, 5.41) is 16.6. The highest BCUT2D eigenvalue weighted by Gasteiger charge is 2.14. The minimum absolute atomic E-state index is 0.115. The Morgan fingerprint density at radius 3 is 2.65 bits per heavy atom. The summed E-state index contributed by atoms with van der Waals surface area (Å²) in [4.78, 5) is 33.4. The van der Waals surface area contributed by atoms with E-state index < -0.39 is 24.4 Å². The second-order valence-corrected chi connectivity index (χ2v) is 4.68. The fourth-order valence-electron chi connectivity index (χ4n) is 1.46. The van der Waals surface area contributed by atoms with Gasteiger partial charge in [0.15, 0.2) is 0 Å². The van der Waals surface area contributed by atoms with Crippen LogP contribution < -0.4 is 20.6 Å². The Bertz CT molecular complexity index is 601. The van der Waals surface area contributed by atoms with Gasteiger partial charge in [-0.2, -0.15) is 5.10 Å². The molecular weight excluding hydrogens is 302 g/mol. The number of ether oxygens (including phenoxy) is 1. The molecule has 1 rings (SSSR count). The zero-order chi connectivity index (χ0) is 17.2. The van der Waals surface area contributed by atoms with Crippen LogP contribution in [0.25, 0.3) is 0 Å². The molecule has 23 heavy (non-hydrogen) atoms. The monoisotopic (exact) mass is 320 g/mol. The predicted octanol–water partition coefficient (Wildman–Crippen LogP) is -0.820. The molecule has 0 aliphatic carbocycles. The van der Waals surface area contributed by atoms with Gasteiger partial charge in [-0.15, -0.1) is 0 Å². The third kappa shape index (κ3) is 6.60. The molecule has 0 aromatic heterocycles. The number of aliphatic carboxylic acids is 1. The van der Waals surface area contributed by atoms with Crippen LogP contribution in [-0.2, 0) is 14.4 Å². The maximum atomic E-state index is 11.5. The van der Waals surface area contributed by atoms with Crippen molar-refractivity contribution in [1.29, 1.82) is 0 Å². The summed E-state index contributed by atoms with van der Waals surface area (Å²) in [7, 11) is 0. The van der Waals surface area contributed by atoms with E-state index in [0.29, 0.717) is 12.0 Å². The van der Waals surface area contributed by atoms with Crippen LogP contribution in [0.1, 0.15) is 25.8 Å². The smallest absolute Gasteiger partial charge is 0.329 e. The number of nitrogens with zero attached hydrogens (tertiary/aromatic N) is 1. The zero-order valence-electron chi connectivity index (χ0n) is 12.9. The van der Waals surface area contributed by atoms with Gasteiger partial charge in [-0.1, -0.05) is 19.1 Å². The van der Waals surface area contributed by atoms with E-state index in [1.807, 2.05) is 6.92 Å². The summed E-state index contributed by atoms with van der Waals surface area (Å²) < 4.78 is 5.03. The molecule has 1 atom stereocenters. The maximum Gasteiger partial charge on any atom is 0.329 e. The SMILES string of the molecule is CC[C@@H](C)NC(=O)C(=O)N/N=C\c1ccccc1OCC(=O)[O-]. The number of hydrogen-bond acceptors (Lipinski definition) is 6. The molecule has 0 bridgehead atoms. The van der Waals surface area contributed by atoms with Gasteiger partial charge in [0.2, 0.25) is 0 Å². The molecule has 0 saturated heterocycles. The highest BCUT2D eigenvalue weighted by Crippen LogP contribution is 2.15. The molecule has 0 heterocycles. The van der Waals surface area contributed by atoms with Crippen molar-refractivity contribution in [2.45, 2.75) is 26.3 Å². The molecule has 2 N–H and O–H groups in total. The third-order valence-electron chi connectivity index (χ3n) is 2.83. The number of carboxylic acid groups (broad SMARTS) is 1. The maximum absolute atomic E-state index is 11.5. The van der Waals surface area contributed by atoms with Crippen molar-refractivity contribution in [3.8, 4) is 5.75 Å². The molecule has 1 aromatic rings. The van der Waals surface area contributed by atoms with Gasteiger partial charge in [0.25, 0.3) is 0 Å². The highest BCUT2D eigenvalue weighted by molar-refractivity contribution is 6.35. The van der Waals surface area contributed by atoms with Crippen LogP contribution >= 0.6 is 0 Å². The van der Waals surface area contributed by atoms with Crippen molar-refractivity contribution in [3.05, 3.63) is 29.8 Å². The van der Waals surface area contributed by atoms with Crippen molar-refractivity contribution >= 4 is 24.0 Å². The second kappa shape index (κ2) is 9.19. The lowest BCUT2D eigenvalue weighted by molar-refractivity contribution is -0.307. The number of benzene rings is 1. The lowest BCUT2D eigenvalue weighted by Crippen LogP contribution is -2.41. The van der Waals surface area contributed by atoms with Crippen molar-refractivity contribution in [3.63, 3.8) is 0 Å². The summed E-state index contributed by atoms with van der Waals surface area (Å²) in [5.74, 6) is -2.77. The average molecular weight is 320 g/mol. The van der Waals surface area contributed by atoms with E-state index in [9.17, 15) is 19.5 Å². The predicted molar refractivity (Wildman–Crippen MR) is 80.6 cm³/mol. The molecule has 0 radical (unpaired) electrons. The zero-order valence-corrected chi connectivity index (χ0v) is 12.9. The largest absolute Gasteiger partial charge is 0.546 e. The minimum atomic E-state index is -1.35. The fraction of sp³-hybridized carbons (Fsp3) is 0.333. The quantitative estimate of drug-likeness (QED) is 0.386. The number of hydrazone groups is 1. The summed E-state index contributed by atoms with van der Waals surface area (Å²) >= 11 is 0. The Morgan fingerprint density at radius 2 is 2.00 bits per heavy atom.